The molecule has 1 aliphatic heterocycles. The van der Waals surface area contributed by atoms with E-state index in [1.54, 1.807) is 4.90 Å². The lowest BCUT2D eigenvalue weighted by atomic mass is 10.2. The van der Waals surface area contributed by atoms with Crippen molar-refractivity contribution < 1.29 is 19.1 Å². The van der Waals surface area contributed by atoms with Crippen LogP contribution in [0.3, 0.4) is 0 Å². The molecule has 6 nitrogen and oxygen atoms in total. The van der Waals surface area contributed by atoms with Gasteiger partial charge in [0.1, 0.15) is 13.2 Å². The molecule has 6 heteroatoms. The lowest BCUT2D eigenvalue weighted by Gasteiger charge is -2.26. The van der Waals surface area contributed by atoms with Gasteiger partial charge in [-0.25, -0.2) is 4.79 Å². The number of rotatable bonds is 4. The van der Waals surface area contributed by atoms with E-state index < -0.39 is 0 Å². The van der Waals surface area contributed by atoms with E-state index >= 15 is 0 Å². The van der Waals surface area contributed by atoms with Crippen molar-refractivity contribution in [3.8, 4) is 0 Å². The van der Waals surface area contributed by atoms with Gasteiger partial charge < -0.3 is 14.8 Å². The van der Waals surface area contributed by atoms with Crippen molar-refractivity contribution in [2.24, 2.45) is 0 Å². The number of hydrogen-bond acceptors (Lipinski definition) is 5. The van der Waals surface area contributed by atoms with Crippen molar-refractivity contribution in [3.05, 3.63) is 83.7 Å². The summed E-state index contributed by atoms with van der Waals surface area (Å²) in [6.45, 7) is 5.39. The van der Waals surface area contributed by atoms with Crippen LogP contribution in [0.4, 0.5) is 4.79 Å². The molecule has 3 rings (SSSR count). The summed E-state index contributed by atoms with van der Waals surface area (Å²) in [5.41, 5.74) is 2.90. The fourth-order valence-electron chi connectivity index (χ4n) is 2.44. The number of nitrogens with one attached hydrogen (secondary N) is 1. The maximum atomic E-state index is 11.8. The van der Waals surface area contributed by atoms with Gasteiger partial charge in [0.05, 0.1) is 0 Å². The maximum absolute atomic E-state index is 11.8. The molecule has 0 unspecified atom stereocenters. The molecule has 1 aliphatic rings. The smallest absolute Gasteiger partial charge is 0.414 e. The van der Waals surface area contributed by atoms with Gasteiger partial charge in [0, 0.05) is 31.9 Å². The molecule has 0 aliphatic carbocycles. The Morgan fingerprint density at radius 1 is 0.929 bits per heavy atom. The summed E-state index contributed by atoms with van der Waals surface area (Å²) >= 11 is 0. The minimum Gasteiger partial charge on any atom is -0.461 e. The number of hydrogen-bond donors (Lipinski definition) is 1. The SMILES string of the molecule is CC(=O)OCc1ccccc1.CC1=CNCCN1C(=O)OCc1ccccc1. The molecule has 0 aromatic heterocycles. The summed E-state index contributed by atoms with van der Waals surface area (Å²) in [4.78, 5) is 23.9. The lowest BCUT2D eigenvalue weighted by molar-refractivity contribution is -0.142. The van der Waals surface area contributed by atoms with Crippen LogP contribution >= 0.6 is 0 Å². The molecular formula is C22H26N2O4. The van der Waals surface area contributed by atoms with Gasteiger partial charge in [0.25, 0.3) is 0 Å². The second kappa shape index (κ2) is 11.4. The van der Waals surface area contributed by atoms with E-state index in [1.165, 1.54) is 6.92 Å². The lowest BCUT2D eigenvalue weighted by Crippen LogP contribution is -2.39. The maximum Gasteiger partial charge on any atom is 0.414 e. The first-order valence-corrected chi connectivity index (χ1v) is 9.12. The first-order chi connectivity index (χ1) is 13.6. The van der Waals surface area contributed by atoms with Gasteiger partial charge in [-0.05, 0) is 18.1 Å². The number of carbonyl (C=O) groups is 2. The minimum atomic E-state index is -0.288. The van der Waals surface area contributed by atoms with Gasteiger partial charge in [-0.1, -0.05) is 60.7 Å². The fraction of sp³-hybridized carbons (Fsp3) is 0.273. The Kier molecular flexibility index (Phi) is 8.59. The number of ether oxygens (including phenoxy) is 2. The Hall–Kier alpha value is -3.28. The molecule has 0 saturated carbocycles. The number of nitrogens with zero attached hydrogens (tertiary/aromatic N) is 1. The van der Waals surface area contributed by atoms with Crippen LogP contribution in [0.15, 0.2) is 72.6 Å². The number of carbonyl (C=O) groups excluding carboxylic acids is 2. The van der Waals surface area contributed by atoms with Crippen LogP contribution in [0.2, 0.25) is 0 Å². The minimum absolute atomic E-state index is 0.242. The van der Waals surface area contributed by atoms with Crippen molar-refractivity contribution in [1.29, 1.82) is 0 Å². The normalized spacial score (nSPS) is 12.6. The highest BCUT2D eigenvalue weighted by Gasteiger charge is 2.18. The number of esters is 1. The zero-order valence-electron chi connectivity index (χ0n) is 16.3. The molecule has 148 valence electrons. The average molecular weight is 382 g/mol. The van der Waals surface area contributed by atoms with Crippen LogP contribution in [-0.4, -0.2) is 30.1 Å². The third kappa shape index (κ3) is 7.53. The van der Waals surface area contributed by atoms with Gasteiger partial charge >= 0.3 is 12.1 Å². The number of benzene rings is 2. The van der Waals surface area contributed by atoms with E-state index in [2.05, 4.69) is 5.32 Å². The molecule has 0 spiro atoms. The Morgan fingerprint density at radius 2 is 1.46 bits per heavy atom. The van der Waals surface area contributed by atoms with Gasteiger partial charge in [0.2, 0.25) is 0 Å². The molecule has 1 heterocycles. The van der Waals surface area contributed by atoms with Gasteiger partial charge in [-0.15, -0.1) is 0 Å². The molecule has 2 aromatic carbocycles. The Balaban J connectivity index is 0.000000221. The van der Waals surface area contributed by atoms with Gasteiger partial charge in [-0.2, -0.15) is 0 Å². The molecule has 0 fully saturated rings. The standard InChI is InChI=1S/C13H16N2O2.C9H10O2/c1-11-9-14-7-8-15(11)13(16)17-10-12-5-3-2-4-6-12;1-8(10)11-7-9-5-3-2-4-6-9/h2-6,9,14H,7-8,10H2,1H3;2-6H,7H2,1H3. The summed E-state index contributed by atoms with van der Waals surface area (Å²) < 4.78 is 10.0. The van der Waals surface area contributed by atoms with E-state index in [-0.39, 0.29) is 12.1 Å². The number of amides is 1. The Labute approximate surface area is 165 Å². The molecular weight excluding hydrogens is 356 g/mol. The van der Waals surface area contributed by atoms with Crippen LogP contribution in [0.5, 0.6) is 0 Å². The third-order valence-electron chi connectivity index (χ3n) is 3.93. The van der Waals surface area contributed by atoms with Crippen LogP contribution in [0.1, 0.15) is 25.0 Å². The highest BCUT2D eigenvalue weighted by Crippen LogP contribution is 2.09. The quantitative estimate of drug-likeness (QED) is 0.814. The molecule has 0 bridgehead atoms. The highest BCUT2D eigenvalue weighted by molar-refractivity contribution is 5.70. The largest absolute Gasteiger partial charge is 0.461 e. The first-order valence-electron chi connectivity index (χ1n) is 9.12. The molecule has 1 N–H and O–H groups in total. The van der Waals surface area contributed by atoms with Crippen molar-refractivity contribution in [3.63, 3.8) is 0 Å². The van der Waals surface area contributed by atoms with Crippen LogP contribution < -0.4 is 5.32 Å². The molecule has 2 aromatic rings. The molecule has 0 radical (unpaired) electrons. The number of allylic oxidation sites excluding steroid dienone is 1. The monoisotopic (exact) mass is 382 g/mol. The van der Waals surface area contributed by atoms with E-state index in [1.807, 2.05) is 73.8 Å². The topological polar surface area (TPSA) is 67.9 Å². The van der Waals surface area contributed by atoms with Gasteiger partial charge in [-0.3, -0.25) is 9.69 Å². The molecule has 1 amide bonds. The van der Waals surface area contributed by atoms with Crippen LogP contribution in [0.25, 0.3) is 0 Å². The summed E-state index contributed by atoms with van der Waals surface area (Å²) in [7, 11) is 0. The van der Waals surface area contributed by atoms with E-state index in [4.69, 9.17) is 9.47 Å². The third-order valence-corrected chi connectivity index (χ3v) is 3.93. The van der Waals surface area contributed by atoms with Crippen LogP contribution in [-0.2, 0) is 27.5 Å². The summed E-state index contributed by atoms with van der Waals surface area (Å²) in [6, 6.07) is 19.3. The average Bonchev–Trinajstić information content (AvgIpc) is 2.73. The van der Waals surface area contributed by atoms with E-state index in [9.17, 15) is 9.59 Å². The summed E-state index contributed by atoms with van der Waals surface area (Å²) in [5.74, 6) is -0.242. The summed E-state index contributed by atoms with van der Waals surface area (Å²) in [6.07, 6.45) is 1.54. The molecule has 28 heavy (non-hydrogen) atoms. The highest BCUT2D eigenvalue weighted by atomic mass is 16.6. The molecule has 0 saturated heterocycles. The van der Waals surface area contributed by atoms with Crippen molar-refractivity contribution >= 4 is 12.1 Å². The zero-order valence-corrected chi connectivity index (χ0v) is 16.3. The molecule has 0 atom stereocenters. The predicted octanol–water partition coefficient (Wildman–Crippen LogP) is 3.84. The van der Waals surface area contributed by atoms with E-state index in [0.29, 0.717) is 19.8 Å². The Bertz CT molecular complexity index is 776. The van der Waals surface area contributed by atoms with Crippen molar-refractivity contribution in [2.75, 3.05) is 13.1 Å². The Morgan fingerprint density at radius 3 is 1.96 bits per heavy atom. The first kappa shape index (κ1) is 21.0. The van der Waals surface area contributed by atoms with Crippen molar-refractivity contribution in [1.82, 2.24) is 10.2 Å². The van der Waals surface area contributed by atoms with Crippen molar-refractivity contribution in [2.45, 2.75) is 27.1 Å². The van der Waals surface area contributed by atoms with Gasteiger partial charge in [0.15, 0.2) is 0 Å². The summed E-state index contributed by atoms with van der Waals surface area (Å²) in [5, 5.41) is 3.08. The zero-order chi connectivity index (χ0) is 20.2. The van der Waals surface area contributed by atoms with E-state index in [0.717, 1.165) is 23.4 Å². The van der Waals surface area contributed by atoms with Crippen LogP contribution in [0, 0.1) is 0 Å². The second-order valence-corrected chi connectivity index (χ2v) is 6.20. The fourth-order valence-corrected chi connectivity index (χ4v) is 2.44. The second-order valence-electron chi connectivity index (χ2n) is 6.20. The predicted molar refractivity (Wildman–Crippen MR) is 107 cm³/mol.